The lowest BCUT2D eigenvalue weighted by atomic mass is 9.62. The van der Waals surface area contributed by atoms with Gasteiger partial charge in [-0.1, -0.05) is 61.8 Å². The summed E-state index contributed by atoms with van der Waals surface area (Å²) >= 11 is 0. The van der Waals surface area contributed by atoms with Gasteiger partial charge in [-0.25, -0.2) is 0 Å². The molecule has 0 spiro atoms. The predicted molar refractivity (Wildman–Crippen MR) is 87.2 cm³/mol. The topological polar surface area (TPSA) is 0 Å². The van der Waals surface area contributed by atoms with Crippen LogP contribution in [0.4, 0.5) is 0 Å². The zero-order valence-electron chi connectivity index (χ0n) is 14.7. The Balaban J connectivity index is 3.12. The lowest BCUT2D eigenvalue weighted by molar-refractivity contribution is 0.0504. The minimum Gasteiger partial charge on any atom is -0.0625 e. The molecule has 0 saturated heterocycles. The van der Waals surface area contributed by atoms with Crippen LogP contribution in [0, 0.1) is 47.3 Å². The van der Waals surface area contributed by atoms with Crippen molar-refractivity contribution in [2.75, 3.05) is 0 Å². The summed E-state index contributed by atoms with van der Waals surface area (Å²) in [6.45, 7) is 19.7. The van der Waals surface area contributed by atoms with Crippen LogP contribution in [0.25, 0.3) is 0 Å². The minimum atomic E-state index is 0.833. The molecule has 0 heterocycles. The van der Waals surface area contributed by atoms with Gasteiger partial charge in [0.15, 0.2) is 0 Å². The van der Waals surface area contributed by atoms with Crippen molar-refractivity contribution in [1.82, 2.24) is 0 Å². The maximum Gasteiger partial charge on any atom is -0.0327 e. The zero-order chi connectivity index (χ0) is 14.7. The SMILES string of the molecule is CC(C)C1CCCC(C(C)C)C(C(C)C)C1C(C)C. The van der Waals surface area contributed by atoms with Crippen molar-refractivity contribution in [3.05, 3.63) is 0 Å². The molecule has 0 radical (unpaired) electrons. The van der Waals surface area contributed by atoms with E-state index < -0.39 is 0 Å². The van der Waals surface area contributed by atoms with E-state index in [0.717, 1.165) is 47.3 Å². The van der Waals surface area contributed by atoms with E-state index in [2.05, 4.69) is 55.4 Å². The first-order chi connectivity index (χ1) is 8.77. The van der Waals surface area contributed by atoms with Crippen LogP contribution in [0.1, 0.15) is 74.7 Å². The molecule has 0 aromatic heterocycles. The highest BCUT2D eigenvalue weighted by Crippen LogP contribution is 2.48. The molecule has 0 aromatic carbocycles. The first-order valence-electron chi connectivity index (χ1n) is 8.77. The number of rotatable bonds is 4. The van der Waals surface area contributed by atoms with Crippen LogP contribution in [0.2, 0.25) is 0 Å². The Bertz CT molecular complexity index is 223. The summed E-state index contributed by atoms with van der Waals surface area (Å²) in [5, 5.41) is 0. The van der Waals surface area contributed by atoms with Crippen molar-refractivity contribution in [2.24, 2.45) is 47.3 Å². The molecule has 1 fully saturated rings. The monoisotopic (exact) mass is 266 g/mol. The molecule has 4 unspecified atom stereocenters. The average molecular weight is 267 g/mol. The highest BCUT2D eigenvalue weighted by molar-refractivity contribution is 4.90. The van der Waals surface area contributed by atoms with Gasteiger partial charge in [-0.05, 0) is 60.2 Å². The quantitative estimate of drug-likeness (QED) is 0.527. The van der Waals surface area contributed by atoms with Crippen molar-refractivity contribution >= 4 is 0 Å². The third-order valence-electron chi connectivity index (χ3n) is 5.76. The van der Waals surface area contributed by atoms with Crippen molar-refractivity contribution < 1.29 is 0 Å². The lowest BCUT2D eigenvalue weighted by Gasteiger charge is -2.43. The highest BCUT2D eigenvalue weighted by Gasteiger charge is 2.41. The molecule has 1 aliphatic rings. The summed E-state index contributed by atoms with van der Waals surface area (Å²) in [6, 6.07) is 0. The van der Waals surface area contributed by atoms with E-state index in [1.54, 1.807) is 0 Å². The van der Waals surface area contributed by atoms with Crippen LogP contribution in [0.5, 0.6) is 0 Å². The summed E-state index contributed by atoms with van der Waals surface area (Å²) < 4.78 is 0. The Labute approximate surface area is 122 Å². The fraction of sp³-hybridized carbons (Fsp3) is 1.00. The van der Waals surface area contributed by atoms with E-state index in [9.17, 15) is 0 Å². The molecule has 4 atom stereocenters. The van der Waals surface area contributed by atoms with E-state index in [1.807, 2.05) is 0 Å². The Kier molecular flexibility index (Phi) is 6.40. The Morgan fingerprint density at radius 3 is 1.05 bits per heavy atom. The van der Waals surface area contributed by atoms with Gasteiger partial charge in [0.2, 0.25) is 0 Å². The molecular formula is C19H38. The van der Waals surface area contributed by atoms with E-state index in [1.165, 1.54) is 19.3 Å². The van der Waals surface area contributed by atoms with Crippen LogP contribution in [-0.4, -0.2) is 0 Å². The molecule has 0 heteroatoms. The van der Waals surface area contributed by atoms with Crippen molar-refractivity contribution in [3.63, 3.8) is 0 Å². The Morgan fingerprint density at radius 2 is 0.842 bits per heavy atom. The second kappa shape index (κ2) is 7.14. The second-order valence-corrected chi connectivity index (χ2v) is 8.39. The molecular weight excluding hydrogens is 228 g/mol. The second-order valence-electron chi connectivity index (χ2n) is 8.39. The van der Waals surface area contributed by atoms with E-state index in [4.69, 9.17) is 0 Å². The standard InChI is InChI=1S/C19H38/c1-12(2)16-10-9-11-17(13(3)4)19(15(7)8)18(16)14(5)6/h12-19H,9-11H2,1-8H3. The largest absolute Gasteiger partial charge is 0.0625 e. The van der Waals surface area contributed by atoms with Gasteiger partial charge in [0, 0.05) is 0 Å². The van der Waals surface area contributed by atoms with Crippen LogP contribution in [0.3, 0.4) is 0 Å². The van der Waals surface area contributed by atoms with Crippen LogP contribution < -0.4 is 0 Å². The summed E-state index contributed by atoms with van der Waals surface area (Å²) in [5.41, 5.74) is 0. The maximum absolute atomic E-state index is 2.47. The summed E-state index contributed by atoms with van der Waals surface area (Å²) in [4.78, 5) is 0. The Morgan fingerprint density at radius 1 is 0.526 bits per heavy atom. The van der Waals surface area contributed by atoms with E-state index in [-0.39, 0.29) is 0 Å². The normalized spacial score (nSPS) is 33.5. The van der Waals surface area contributed by atoms with Gasteiger partial charge in [-0.3, -0.25) is 0 Å². The lowest BCUT2D eigenvalue weighted by Crippen LogP contribution is -2.37. The Hall–Kier alpha value is 0. The van der Waals surface area contributed by atoms with Crippen molar-refractivity contribution in [3.8, 4) is 0 Å². The van der Waals surface area contributed by atoms with Gasteiger partial charge < -0.3 is 0 Å². The molecule has 0 aromatic rings. The third kappa shape index (κ3) is 3.99. The summed E-state index contributed by atoms with van der Waals surface area (Å²) in [7, 11) is 0. The molecule has 19 heavy (non-hydrogen) atoms. The van der Waals surface area contributed by atoms with Gasteiger partial charge in [0.1, 0.15) is 0 Å². The molecule has 0 N–H and O–H groups in total. The predicted octanol–water partition coefficient (Wildman–Crippen LogP) is 6.26. The van der Waals surface area contributed by atoms with Gasteiger partial charge in [-0.2, -0.15) is 0 Å². The number of hydrogen-bond acceptors (Lipinski definition) is 0. The molecule has 114 valence electrons. The zero-order valence-corrected chi connectivity index (χ0v) is 14.7. The minimum absolute atomic E-state index is 0.833. The van der Waals surface area contributed by atoms with Gasteiger partial charge in [-0.15, -0.1) is 0 Å². The molecule has 1 aliphatic carbocycles. The van der Waals surface area contributed by atoms with E-state index in [0.29, 0.717) is 0 Å². The van der Waals surface area contributed by atoms with Gasteiger partial charge >= 0.3 is 0 Å². The summed E-state index contributed by atoms with van der Waals surface area (Å²) in [5.74, 6) is 7.09. The smallest absolute Gasteiger partial charge is 0.0327 e. The van der Waals surface area contributed by atoms with Crippen LogP contribution in [0.15, 0.2) is 0 Å². The molecule has 0 aliphatic heterocycles. The first-order valence-corrected chi connectivity index (χ1v) is 8.77. The van der Waals surface area contributed by atoms with Crippen LogP contribution >= 0.6 is 0 Å². The number of hydrogen-bond donors (Lipinski definition) is 0. The van der Waals surface area contributed by atoms with Crippen LogP contribution in [-0.2, 0) is 0 Å². The molecule has 0 amide bonds. The van der Waals surface area contributed by atoms with Crippen molar-refractivity contribution in [2.45, 2.75) is 74.7 Å². The molecule has 1 rings (SSSR count). The fourth-order valence-electron chi connectivity index (χ4n) is 4.98. The van der Waals surface area contributed by atoms with E-state index >= 15 is 0 Å². The molecule has 1 saturated carbocycles. The highest BCUT2D eigenvalue weighted by atomic mass is 14.5. The van der Waals surface area contributed by atoms with Gasteiger partial charge in [0.25, 0.3) is 0 Å². The average Bonchev–Trinajstić information content (AvgIpc) is 2.47. The fourth-order valence-corrected chi connectivity index (χ4v) is 4.98. The maximum atomic E-state index is 2.47. The van der Waals surface area contributed by atoms with Gasteiger partial charge in [0.05, 0.1) is 0 Å². The third-order valence-corrected chi connectivity index (χ3v) is 5.76. The summed E-state index contributed by atoms with van der Waals surface area (Å²) in [6.07, 6.45) is 4.39. The molecule has 0 bridgehead atoms. The first kappa shape index (κ1) is 17.1. The van der Waals surface area contributed by atoms with Crippen molar-refractivity contribution in [1.29, 1.82) is 0 Å². The molecule has 0 nitrogen and oxygen atoms in total.